The second-order valence-electron chi connectivity index (χ2n) is 5.92. The van der Waals surface area contributed by atoms with Gasteiger partial charge in [0.15, 0.2) is 0 Å². The maximum atomic E-state index is 11.4. The predicted molar refractivity (Wildman–Crippen MR) is 77.2 cm³/mol. The molecule has 2 rings (SSSR count). The lowest BCUT2D eigenvalue weighted by Crippen LogP contribution is -2.13. The van der Waals surface area contributed by atoms with E-state index in [-0.39, 0.29) is 10.3 Å². The molecule has 0 aliphatic rings. The molecule has 4 heteroatoms. The smallest absolute Gasteiger partial charge is 0.282 e. The van der Waals surface area contributed by atoms with Gasteiger partial charge in [0.05, 0.1) is 4.90 Å². The number of hydrogen-bond acceptors (Lipinski definition) is 2. The van der Waals surface area contributed by atoms with E-state index < -0.39 is 10.1 Å². The second kappa shape index (κ2) is 4.32. The largest absolute Gasteiger partial charge is 0.294 e. The van der Waals surface area contributed by atoms with Crippen molar-refractivity contribution in [1.82, 2.24) is 0 Å². The van der Waals surface area contributed by atoms with Gasteiger partial charge in [-0.25, -0.2) is 0 Å². The van der Waals surface area contributed by atoms with Gasteiger partial charge in [-0.2, -0.15) is 8.42 Å². The van der Waals surface area contributed by atoms with Gasteiger partial charge in [-0.3, -0.25) is 4.55 Å². The highest BCUT2D eigenvalue weighted by atomic mass is 32.2. The highest BCUT2D eigenvalue weighted by Gasteiger charge is 2.21. The van der Waals surface area contributed by atoms with Crippen molar-refractivity contribution in [2.75, 3.05) is 0 Å². The molecule has 0 amide bonds. The first-order valence-electron chi connectivity index (χ1n) is 6.11. The van der Waals surface area contributed by atoms with Crippen LogP contribution < -0.4 is 0 Å². The summed E-state index contributed by atoms with van der Waals surface area (Å²) >= 11 is 0. The summed E-state index contributed by atoms with van der Waals surface area (Å²) in [5, 5.41) is 1.85. The van der Waals surface area contributed by atoms with Gasteiger partial charge in [0, 0.05) is 0 Å². The van der Waals surface area contributed by atoms with Gasteiger partial charge in [0.25, 0.3) is 10.1 Å². The Hall–Kier alpha value is -1.39. The molecule has 0 spiro atoms. The minimum Gasteiger partial charge on any atom is -0.282 e. The van der Waals surface area contributed by atoms with E-state index in [4.69, 9.17) is 0 Å². The van der Waals surface area contributed by atoms with E-state index in [0.717, 1.165) is 21.9 Å². The van der Waals surface area contributed by atoms with Crippen LogP contribution in [0.5, 0.6) is 0 Å². The zero-order valence-electron chi connectivity index (χ0n) is 11.6. The first-order valence-corrected chi connectivity index (χ1v) is 7.55. The Bertz CT molecular complexity index is 738. The van der Waals surface area contributed by atoms with Gasteiger partial charge < -0.3 is 0 Å². The predicted octanol–water partition coefficient (Wildman–Crippen LogP) is 3.69. The Morgan fingerprint density at radius 1 is 1.05 bits per heavy atom. The number of aryl methyl sites for hydroxylation is 1. The lowest BCUT2D eigenvalue weighted by molar-refractivity contribution is 0.483. The van der Waals surface area contributed by atoms with Crippen LogP contribution >= 0.6 is 0 Å². The molecule has 2 aromatic rings. The van der Waals surface area contributed by atoms with E-state index in [0.29, 0.717) is 0 Å². The molecule has 0 fully saturated rings. The standard InChI is InChI=1S/C15H18O3S/c1-10-5-6-13-11(7-10)8-12(19(16,17)18)9-14(13)15(2,3)4/h5-9H,1-4H3,(H,16,17,18). The molecule has 0 atom stereocenters. The monoisotopic (exact) mass is 278 g/mol. The third-order valence-corrected chi connectivity index (χ3v) is 4.02. The number of benzene rings is 2. The molecule has 0 bridgehead atoms. The maximum Gasteiger partial charge on any atom is 0.294 e. The van der Waals surface area contributed by atoms with Crippen LogP contribution in [0.1, 0.15) is 31.9 Å². The molecule has 0 aliphatic heterocycles. The van der Waals surface area contributed by atoms with Crippen molar-refractivity contribution in [1.29, 1.82) is 0 Å². The topological polar surface area (TPSA) is 54.4 Å². The summed E-state index contributed by atoms with van der Waals surface area (Å²) in [4.78, 5) is -0.0458. The fraction of sp³-hybridized carbons (Fsp3) is 0.333. The van der Waals surface area contributed by atoms with Crippen molar-refractivity contribution in [2.24, 2.45) is 0 Å². The molecule has 0 saturated heterocycles. The van der Waals surface area contributed by atoms with Crippen LogP contribution in [-0.2, 0) is 15.5 Å². The third-order valence-electron chi connectivity index (χ3n) is 3.19. The molecule has 0 saturated carbocycles. The third kappa shape index (κ3) is 2.80. The summed E-state index contributed by atoms with van der Waals surface area (Å²) in [5.41, 5.74) is 1.77. The van der Waals surface area contributed by atoms with E-state index in [1.165, 1.54) is 6.07 Å². The Kier molecular flexibility index (Phi) is 3.19. The quantitative estimate of drug-likeness (QED) is 0.809. The van der Waals surface area contributed by atoms with Crippen molar-refractivity contribution in [3.8, 4) is 0 Å². The Morgan fingerprint density at radius 3 is 2.21 bits per heavy atom. The first kappa shape index (κ1) is 14.0. The number of fused-ring (bicyclic) bond motifs is 1. The zero-order valence-corrected chi connectivity index (χ0v) is 12.4. The SMILES string of the molecule is Cc1ccc2c(C(C)(C)C)cc(S(=O)(=O)O)cc2c1. The molecule has 3 nitrogen and oxygen atoms in total. The van der Waals surface area contributed by atoms with Crippen molar-refractivity contribution in [3.63, 3.8) is 0 Å². The molecular formula is C15H18O3S. The van der Waals surface area contributed by atoms with Crippen LogP contribution in [0.15, 0.2) is 35.2 Å². The van der Waals surface area contributed by atoms with Crippen LogP contribution in [-0.4, -0.2) is 13.0 Å². The average molecular weight is 278 g/mol. The fourth-order valence-corrected chi connectivity index (χ4v) is 2.77. The molecule has 19 heavy (non-hydrogen) atoms. The van der Waals surface area contributed by atoms with E-state index in [9.17, 15) is 13.0 Å². The first-order chi connectivity index (χ1) is 8.59. The van der Waals surface area contributed by atoms with Crippen LogP contribution in [0.2, 0.25) is 0 Å². The van der Waals surface area contributed by atoms with E-state index >= 15 is 0 Å². The Balaban J connectivity index is 2.92. The second-order valence-corrected chi connectivity index (χ2v) is 7.34. The normalized spacial score (nSPS) is 12.9. The lowest BCUT2D eigenvalue weighted by Gasteiger charge is -2.22. The van der Waals surface area contributed by atoms with Crippen LogP contribution in [0.3, 0.4) is 0 Å². The van der Waals surface area contributed by atoms with E-state index in [1.807, 2.05) is 45.9 Å². The lowest BCUT2D eigenvalue weighted by atomic mass is 9.83. The summed E-state index contributed by atoms with van der Waals surface area (Å²) in [6.45, 7) is 8.02. The summed E-state index contributed by atoms with van der Waals surface area (Å²) in [5.74, 6) is 0. The summed E-state index contributed by atoms with van der Waals surface area (Å²) in [6.07, 6.45) is 0. The minimum absolute atomic E-state index is 0.0458. The molecule has 0 radical (unpaired) electrons. The molecule has 0 aromatic heterocycles. The Labute approximate surface area is 114 Å². The van der Waals surface area contributed by atoms with E-state index in [1.54, 1.807) is 6.07 Å². The van der Waals surface area contributed by atoms with Crippen LogP contribution in [0, 0.1) is 6.92 Å². The van der Waals surface area contributed by atoms with Gasteiger partial charge >= 0.3 is 0 Å². The minimum atomic E-state index is -4.19. The summed E-state index contributed by atoms with van der Waals surface area (Å²) in [6, 6.07) is 9.02. The van der Waals surface area contributed by atoms with Gasteiger partial charge in [-0.05, 0) is 40.8 Å². The van der Waals surface area contributed by atoms with Crippen LogP contribution in [0.4, 0.5) is 0 Å². The highest BCUT2D eigenvalue weighted by Crippen LogP contribution is 2.33. The van der Waals surface area contributed by atoms with Crippen LogP contribution in [0.25, 0.3) is 10.8 Å². The number of rotatable bonds is 1. The molecule has 0 unspecified atom stereocenters. The van der Waals surface area contributed by atoms with Gasteiger partial charge in [-0.1, -0.05) is 44.5 Å². The molecule has 0 heterocycles. The zero-order chi connectivity index (χ0) is 14.4. The highest BCUT2D eigenvalue weighted by molar-refractivity contribution is 7.85. The fourth-order valence-electron chi connectivity index (χ4n) is 2.23. The molecular weight excluding hydrogens is 260 g/mol. The van der Waals surface area contributed by atoms with Crippen molar-refractivity contribution in [3.05, 3.63) is 41.5 Å². The van der Waals surface area contributed by atoms with Gasteiger partial charge in [0.1, 0.15) is 0 Å². The van der Waals surface area contributed by atoms with Crippen molar-refractivity contribution in [2.45, 2.75) is 38.0 Å². The molecule has 0 aliphatic carbocycles. The van der Waals surface area contributed by atoms with Crippen molar-refractivity contribution < 1.29 is 13.0 Å². The summed E-state index contributed by atoms with van der Waals surface area (Å²) < 4.78 is 32.1. The average Bonchev–Trinajstić information content (AvgIpc) is 2.24. The Morgan fingerprint density at radius 2 is 1.68 bits per heavy atom. The summed E-state index contributed by atoms with van der Waals surface area (Å²) in [7, 11) is -4.19. The van der Waals surface area contributed by atoms with Gasteiger partial charge in [0.2, 0.25) is 0 Å². The van der Waals surface area contributed by atoms with E-state index in [2.05, 4.69) is 0 Å². The molecule has 2 aromatic carbocycles. The molecule has 102 valence electrons. The van der Waals surface area contributed by atoms with Gasteiger partial charge in [-0.15, -0.1) is 0 Å². The maximum absolute atomic E-state index is 11.4. The molecule has 1 N–H and O–H groups in total. The van der Waals surface area contributed by atoms with Crippen molar-refractivity contribution >= 4 is 20.9 Å². The number of hydrogen-bond donors (Lipinski definition) is 1.